The zero-order chi connectivity index (χ0) is 57.1. The number of carbonyl (C=O) groups excluding carboxylic acids is 3. The Morgan fingerprint density at radius 3 is 0.759 bits per heavy atom. The smallest absolute Gasteiger partial charge is 0.306 e. The predicted octanol–water partition coefficient (Wildman–Crippen LogP) is 23.4. The maximum absolute atomic E-state index is 12.9. The van der Waals surface area contributed by atoms with Gasteiger partial charge in [0.1, 0.15) is 13.2 Å². The van der Waals surface area contributed by atoms with Gasteiger partial charge in [-0.05, 0) is 116 Å². The van der Waals surface area contributed by atoms with E-state index in [1.165, 1.54) is 186 Å². The fraction of sp³-hybridized carbons (Fsp3) is 0.767. The molecule has 456 valence electrons. The van der Waals surface area contributed by atoms with E-state index in [4.69, 9.17) is 14.2 Å². The number of hydrogen-bond acceptors (Lipinski definition) is 6. The molecule has 0 aliphatic rings. The normalized spacial score (nSPS) is 12.6. The summed E-state index contributed by atoms with van der Waals surface area (Å²) >= 11 is 0. The topological polar surface area (TPSA) is 78.9 Å². The van der Waals surface area contributed by atoms with Crippen LogP contribution in [0.25, 0.3) is 0 Å². The summed E-state index contributed by atoms with van der Waals surface area (Å²) in [5.41, 5.74) is 0. The van der Waals surface area contributed by atoms with Crippen molar-refractivity contribution >= 4 is 17.9 Å². The first-order valence-corrected chi connectivity index (χ1v) is 34.1. The predicted molar refractivity (Wildman–Crippen MR) is 344 cm³/mol. The zero-order valence-electron chi connectivity index (χ0n) is 52.4. The van der Waals surface area contributed by atoms with E-state index >= 15 is 0 Å². The summed E-state index contributed by atoms with van der Waals surface area (Å²) in [5.74, 6) is -0.900. The Labute approximate surface area is 490 Å². The summed E-state index contributed by atoms with van der Waals surface area (Å²) in [6.45, 7) is 6.58. The maximum Gasteiger partial charge on any atom is 0.306 e. The van der Waals surface area contributed by atoms with Crippen molar-refractivity contribution in [1.82, 2.24) is 0 Å². The number of rotatable bonds is 62. The van der Waals surface area contributed by atoms with Crippen LogP contribution in [0.4, 0.5) is 0 Å². The van der Waals surface area contributed by atoms with E-state index in [1.807, 2.05) is 0 Å². The van der Waals surface area contributed by atoms with Crippen LogP contribution < -0.4 is 0 Å². The Hall–Kier alpha value is -3.41. The molecule has 0 heterocycles. The molecule has 0 radical (unpaired) electrons. The molecule has 0 aromatic heterocycles. The first-order valence-electron chi connectivity index (χ1n) is 34.1. The van der Waals surface area contributed by atoms with Gasteiger partial charge in [-0.2, -0.15) is 0 Å². The summed E-state index contributed by atoms with van der Waals surface area (Å²) in [6, 6.07) is 0. The molecule has 1 unspecified atom stereocenters. The van der Waals surface area contributed by atoms with E-state index in [0.717, 1.165) is 116 Å². The quantitative estimate of drug-likeness (QED) is 0.0261. The molecule has 0 saturated carbocycles. The van der Waals surface area contributed by atoms with E-state index < -0.39 is 6.10 Å². The largest absolute Gasteiger partial charge is 0.462 e. The highest BCUT2D eigenvalue weighted by Crippen LogP contribution is 2.17. The van der Waals surface area contributed by atoms with Crippen LogP contribution in [-0.4, -0.2) is 37.2 Å². The molecule has 0 N–H and O–H groups in total. The Morgan fingerprint density at radius 1 is 0.253 bits per heavy atom. The third kappa shape index (κ3) is 65.3. The van der Waals surface area contributed by atoms with Gasteiger partial charge in [0.25, 0.3) is 0 Å². The number of ether oxygens (including phenoxy) is 3. The van der Waals surface area contributed by atoms with Crippen molar-refractivity contribution in [3.63, 3.8) is 0 Å². The minimum absolute atomic E-state index is 0.0848. The third-order valence-electron chi connectivity index (χ3n) is 14.8. The monoisotopic (exact) mass is 1100 g/mol. The molecular formula is C73H128O6. The number of hydrogen-bond donors (Lipinski definition) is 0. The summed E-state index contributed by atoms with van der Waals surface area (Å²) in [4.78, 5) is 38.3. The minimum atomic E-state index is -0.790. The lowest BCUT2D eigenvalue weighted by Crippen LogP contribution is -2.30. The number of allylic oxidation sites excluding steroid dienone is 14. The van der Waals surface area contributed by atoms with Crippen LogP contribution in [-0.2, 0) is 28.6 Å². The second-order valence-corrected chi connectivity index (χ2v) is 22.7. The van der Waals surface area contributed by atoms with Crippen molar-refractivity contribution in [2.75, 3.05) is 13.2 Å². The van der Waals surface area contributed by atoms with Crippen LogP contribution in [0, 0.1) is 0 Å². The van der Waals surface area contributed by atoms with Crippen LogP contribution in [0.5, 0.6) is 0 Å². The summed E-state index contributed by atoms with van der Waals surface area (Å²) in [6.07, 6.45) is 88.9. The van der Waals surface area contributed by atoms with E-state index in [-0.39, 0.29) is 31.1 Å². The van der Waals surface area contributed by atoms with E-state index in [2.05, 4.69) is 106 Å². The Morgan fingerprint density at radius 2 is 0.468 bits per heavy atom. The lowest BCUT2D eigenvalue weighted by Gasteiger charge is -2.18. The number of carbonyl (C=O) groups is 3. The highest BCUT2D eigenvalue weighted by Gasteiger charge is 2.19. The van der Waals surface area contributed by atoms with Crippen LogP contribution in [0.3, 0.4) is 0 Å². The minimum Gasteiger partial charge on any atom is -0.462 e. The average Bonchev–Trinajstić information content (AvgIpc) is 3.45. The Kier molecular flexibility index (Phi) is 64.2. The van der Waals surface area contributed by atoms with Gasteiger partial charge in [0.2, 0.25) is 0 Å². The van der Waals surface area contributed by atoms with Gasteiger partial charge in [0.05, 0.1) is 0 Å². The van der Waals surface area contributed by atoms with Crippen LogP contribution in [0.15, 0.2) is 85.1 Å². The fourth-order valence-corrected chi connectivity index (χ4v) is 9.68. The SMILES string of the molecule is CCCC/C=C\C/C=C\CCCCCCCC(=O)OCC(COC(=O)CCCCCCCCCCCCCCCCCC/C=C\C/C=C\C/C=C\CCCCCCC)OC(=O)CCCCCCC/C=C\C/C=C\CCCCCC. The van der Waals surface area contributed by atoms with E-state index in [0.29, 0.717) is 19.3 Å². The van der Waals surface area contributed by atoms with Gasteiger partial charge >= 0.3 is 17.9 Å². The molecule has 0 amide bonds. The van der Waals surface area contributed by atoms with Gasteiger partial charge < -0.3 is 14.2 Å². The second-order valence-electron chi connectivity index (χ2n) is 22.7. The maximum atomic E-state index is 12.9. The van der Waals surface area contributed by atoms with Crippen LogP contribution in [0.2, 0.25) is 0 Å². The first kappa shape index (κ1) is 75.6. The molecule has 0 aliphatic carbocycles. The van der Waals surface area contributed by atoms with Crippen molar-refractivity contribution in [2.45, 2.75) is 348 Å². The van der Waals surface area contributed by atoms with Gasteiger partial charge in [-0.3, -0.25) is 14.4 Å². The van der Waals surface area contributed by atoms with E-state index in [9.17, 15) is 14.4 Å². The molecule has 6 heteroatoms. The molecule has 1 atom stereocenters. The van der Waals surface area contributed by atoms with Crippen LogP contribution in [0.1, 0.15) is 342 Å². The van der Waals surface area contributed by atoms with Crippen molar-refractivity contribution < 1.29 is 28.6 Å². The van der Waals surface area contributed by atoms with Gasteiger partial charge in [-0.25, -0.2) is 0 Å². The lowest BCUT2D eigenvalue weighted by atomic mass is 10.0. The highest BCUT2D eigenvalue weighted by molar-refractivity contribution is 5.71. The zero-order valence-corrected chi connectivity index (χ0v) is 52.4. The van der Waals surface area contributed by atoms with Gasteiger partial charge in [-0.1, -0.05) is 292 Å². The van der Waals surface area contributed by atoms with Crippen molar-refractivity contribution in [1.29, 1.82) is 0 Å². The molecule has 0 bridgehead atoms. The van der Waals surface area contributed by atoms with Crippen molar-refractivity contribution in [3.8, 4) is 0 Å². The molecule has 79 heavy (non-hydrogen) atoms. The highest BCUT2D eigenvalue weighted by atomic mass is 16.6. The Balaban J connectivity index is 4.22. The van der Waals surface area contributed by atoms with Crippen LogP contribution >= 0.6 is 0 Å². The molecule has 0 fully saturated rings. The molecule has 0 rings (SSSR count). The number of unbranched alkanes of at least 4 members (excludes halogenated alkanes) is 37. The van der Waals surface area contributed by atoms with Crippen molar-refractivity contribution in [3.05, 3.63) is 85.1 Å². The van der Waals surface area contributed by atoms with E-state index in [1.54, 1.807) is 0 Å². The summed E-state index contributed by atoms with van der Waals surface area (Å²) in [7, 11) is 0. The fourth-order valence-electron chi connectivity index (χ4n) is 9.68. The molecule has 6 nitrogen and oxygen atoms in total. The van der Waals surface area contributed by atoms with Gasteiger partial charge in [0.15, 0.2) is 6.10 Å². The average molecular weight is 1100 g/mol. The molecule has 0 aliphatic heterocycles. The van der Waals surface area contributed by atoms with Gasteiger partial charge in [-0.15, -0.1) is 0 Å². The summed E-state index contributed by atoms with van der Waals surface area (Å²) in [5, 5.41) is 0. The van der Waals surface area contributed by atoms with Crippen molar-refractivity contribution in [2.24, 2.45) is 0 Å². The third-order valence-corrected chi connectivity index (χ3v) is 14.8. The molecule has 0 spiro atoms. The molecular weight excluding hydrogens is 973 g/mol. The number of esters is 3. The molecule has 0 saturated heterocycles. The molecule has 0 aromatic rings. The second kappa shape index (κ2) is 67.1. The van der Waals surface area contributed by atoms with Gasteiger partial charge in [0, 0.05) is 19.3 Å². The standard InChI is InChI=1S/C73H128O6/c1-4-7-10-13-16-19-22-25-28-30-31-32-33-34-35-36-37-38-39-40-41-42-43-44-46-48-51-54-57-60-63-66-72(75)78-69-70(68-77-71(74)65-62-59-56-53-50-47-27-24-21-18-15-12-9-6-3)79-73(76)67-64-61-58-55-52-49-45-29-26-23-20-17-14-11-8-5-2/h15,18,20,22-25,27,29-31,33-34,45,70H,4-14,16-17,19,21,26,28,32,35-44,46-69H2,1-3H3/b18-15-,23-20-,25-22-,27-24-,31-30-,34-33-,45-29-. The Bertz CT molecular complexity index is 1500. The summed E-state index contributed by atoms with van der Waals surface area (Å²) < 4.78 is 16.9. The molecule has 0 aromatic carbocycles. The lowest BCUT2D eigenvalue weighted by molar-refractivity contribution is -0.167. The first-order chi connectivity index (χ1) is 39.0.